The molecular formula is C9H9N5O2. The zero-order valence-electron chi connectivity index (χ0n) is 8.47. The van der Waals surface area contributed by atoms with E-state index >= 15 is 0 Å². The number of aromatic nitrogens is 3. The quantitative estimate of drug-likeness (QED) is 0.601. The Kier molecular flexibility index (Phi) is 2.50. The van der Waals surface area contributed by atoms with Crippen LogP contribution < -0.4 is 5.32 Å². The van der Waals surface area contributed by atoms with Crippen LogP contribution in [0.3, 0.4) is 0 Å². The lowest BCUT2D eigenvalue weighted by atomic mass is 10.1. The van der Waals surface area contributed by atoms with Gasteiger partial charge in [0.05, 0.1) is 4.92 Å². The van der Waals surface area contributed by atoms with E-state index in [1.807, 2.05) is 0 Å². The maximum atomic E-state index is 10.7. The average molecular weight is 219 g/mol. The summed E-state index contributed by atoms with van der Waals surface area (Å²) in [6.07, 6.45) is 1.63. The minimum absolute atomic E-state index is 0.0368. The number of hydrogen-bond donors (Lipinski definition) is 2. The van der Waals surface area contributed by atoms with Gasteiger partial charge in [-0.1, -0.05) is 5.21 Å². The van der Waals surface area contributed by atoms with Crippen molar-refractivity contribution in [3.05, 3.63) is 34.5 Å². The predicted molar refractivity (Wildman–Crippen MR) is 58.0 cm³/mol. The van der Waals surface area contributed by atoms with E-state index in [1.54, 1.807) is 25.4 Å². The van der Waals surface area contributed by atoms with Gasteiger partial charge in [-0.15, -0.1) is 5.10 Å². The molecule has 1 heterocycles. The van der Waals surface area contributed by atoms with Gasteiger partial charge in [-0.3, -0.25) is 15.2 Å². The fourth-order valence-corrected chi connectivity index (χ4v) is 1.40. The van der Waals surface area contributed by atoms with Crippen molar-refractivity contribution in [2.24, 2.45) is 0 Å². The van der Waals surface area contributed by atoms with Crippen LogP contribution >= 0.6 is 0 Å². The van der Waals surface area contributed by atoms with E-state index in [1.165, 1.54) is 6.07 Å². The number of nitro groups is 1. The second kappa shape index (κ2) is 3.97. The second-order valence-corrected chi connectivity index (χ2v) is 3.10. The van der Waals surface area contributed by atoms with Gasteiger partial charge in [0.1, 0.15) is 11.4 Å². The van der Waals surface area contributed by atoms with Gasteiger partial charge in [0.2, 0.25) is 0 Å². The minimum atomic E-state index is -0.432. The standard InChI is InChI=1S/C9H9N5O2/c1-10-7-4-6(8-5-11-13-12-8)2-3-9(7)14(15)16/h2-5,10H,1H3,(H,11,12,13). The Labute approximate surface area is 90.6 Å². The first-order valence-corrected chi connectivity index (χ1v) is 4.55. The molecular weight excluding hydrogens is 210 g/mol. The van der Waals surface area contributed by atoms with E-state index in [0.29, 0.717) is 11.4 Å². The molecule has 0 bridgehead atoms. The number of nitrogens with zero attached hydrogens (tertiary/aromatic N) is 3. The van der Waals surface area contributed by atoms with E-state index in [4.69, 9.17) is 0 Å². The zero-order valence-corrected chi connectivity index (χ0v) is 8.47. The van der Waals surface area contributed by atoms with Crippen LogP contribution in [0.5, 0.6) is 0 Å². The number of nitro benzene ring substituents is 1. The summed E-state index contributed by atoms with van der Waals surface area (Å²) in [5.74, 6) is 0. The number of aromatic amines is 1. The van der Waals surface area contributed by atoms with Gasteiger partial charge in [-0.2, -0.15) is 0 Å². The fraction of sp³-hybridized carbons (Fsp3) is 0.111. The van der Waals surface area contributed by atoms with Crippen LogP contribution in [0.2, 0.25) is 0 Å². The van der Waals surface area contributed by atoms with Gasteiger partial charge in [-0.05, 0) is 12.1 Å². The van der Waals surface area contributed by atoms with Crippen LogP contribution in [0.4, 0.5) is 11.4 Å². The Morgan fingerprint density at radius 3 is 2.88 bits per heavy atom. The molecule has 0 aliphatic heterocycles. The highest BCUT2D eigenvalue weighted by Gasteiger charge is 2.14. The Hall–Kier alpha value is -2.44. The first-order chi connectivity index (χ1) is 7.72. The number of hydrogen-bond acceptors (Lipinski definition) is 5. The SMILES string of the molecule is CNc1cc(-c2c[nH]nn2)ccc1[N+](=O)[O-]. The normalized spacial score (nSPS) is 10.1. The lowest BCUT2D eigenvalue weighted by Crippen LogP contribution is -1.96. The maximum absolute atomic E-state index is 10.7. The van der Waals surface area contributed by atoms with E-state index < -0.39 is 4.92 Å². The number of nitrogens with one attached hydrogen (secondary N) is 2. The van der Waals surface area contributed by atoms with Crippen molar-refractivity contribution in [2.45, 2.75) is 0 Å². The molecule has 16 heavy (non-hydrogen) atoms. The molecule has 1 aromatic carbocycles. The molecule has 0 fully saturated rings. The first kappa shape index (κ1) is 10.1. The van der Waals surface area contributed by atoms with E-state index in [9.17, 15) is 10.1 Å². The Bertz CT molecular complexity index is 509. The molecule has 0 amide bonds. The van der Waals surface area contributed by atoms with Crippen molar-refractivity contribution in [2.75, 3.05) is 12.4 Å². The third-order valence-electron chi connectivity index (χ3n) is 2.18. The summed E-state index contributed by atoms with van der Waals surface area (Å²) in [6, 6.07) is 4.74. The third-order valence-corrected chi connectivity index (χ3v) is 2.18. The highest BCUT2D eigenvalue weighted by Crippen LogP contribution is 2.28. The summed E-state index contributed by atoms with van der Waals surface area (Å²) >= 11 is 0. The summed E-state index contributed by atoms with van der Waals surface area (Å²) in [5.41, 5.74) is 1.90. The predicted octanol–water partition coefficient (Wildman–Crippen LogP) is 1.42. The smallest absolute Gasteiger partial charge is 0.292 e. The summed E-state index contributed by atoms with van der Waals surface area (Å²) in [5, 5.41) is 23.5. The van der Waals surface area contributed by atoms with Crippen LogP contribution in [-0.4, -0.2) is 27.4 Å². The van der Waals surface area contributed by atoms with E-state index in [-0.39, 0.29) is 5.69 Å². The molecule has 0 unspecified atom stereocenters. The molecule has 0 saturated heterocycles. The highest BCUT2D eigenvalue weighted by molar-refractivity contribution is 5.71. The molecule has 7 heteroatoms. The molecule has 7 nitrogen and oxygen atoms in total. The Balaban J connectivity index is 2.49. The summed E-state index contributed by atoms with van der Waals surface area (Å²) < 4.78 is 0. The van der Waals surface area contributed by atoms with Crippen LogP contribution in [0, 0.1) is 10.1 Å². The first-order valence-electron chi connectivity index (χ1n) is 4.55. The lowest BCUT2D eigenvalue weighted by Gasteiger charge is -2.03. The Morgan fingerprint density at radius 2 is 2.31 bits per heavy atom. The van der Waals surface area contributed by atoms with Crippen molar-refractivity contribution in [3.63, 3.8) is 0 Å². The Morgan fingerprint density at radius 1 is 1.50 bits per heavy atom. The maximum Gasteiger partial charge on any atom is 0.292 e. The largest absolute Gasteiger partial charge is 0.383 e. The molecule has 0 spiro atoms. The molecule has 82 valence electrons. The van der Waals surface area contributed by atoms with Crippen LogP contribution in [0.25, 0.3) is 11.3 Å². The van der Waals surface area contributed by atoms with Gasteiger partial charge in [0, 0.05) is 24.9 Å². The summed E-state index contributed by atoms with van der Waals surface area (Å²) in [7, 11) is 1.63. The summed E-state index contributed by atoms with van der Waals surface area (Å²) in [6.45, 7) is 0. The molecule has 0 radical (unpaired) electrons. The van der Waals surface area contributed by atoms with Gasteiger partial charge >= 0.3 is 0 Å². The van der Waals surface area contributed by atoms with Crippen LogP contribution in [0.1, 0.15) is 0 Å². The molecule has 0 aliphatic carbocycles. The highest BCUT2D eigenvalue weighted by atomic mass is 16.6. The van der Waals surface area contributed by atoms with Crippen molar-refractivity contribution in [3.8, 4) is 11.3 Å². The number of H-pyrrole nitrogens is 1. The fourth-order valence-electron chi connectivity index (χ4n) is 1.40. The zero-order chi connectivity index (χ0) is 11.5. The van der Waals surface area contributed by atoms with Gasteiger partial charge < -0.3 is 5.32 Å². The second-order valence-electron chi connectivity index (χ2n) is 3.10. The van der Waals surface area contributed by atoms with Gasteiger partial charge in [0.15, 0.2) is 0 Å². The van der Waals surface area contributed by atoms with Crippen molar-refractivity contribution in [1.82, 2.24) is 15.4 Å². The molecule has 2 aromatic rings. The molecule has 0 aliphatic rings. The molecule has 0 atom stereocenters. The lowest BCUT2D eigenvalue weighted by molar-refractivity contribution is -0.383. The molecule has 0 saturated carbocycles. The number of anilines is 1. The molecule has 2 rings (SSSR count). The summed E-state index contributed by atoms with van der Waals surface area (Å²) in [4.78, 5) is 10.3. The van der Waals surface area contributed by atoms with Gasteiger partial charge in [0.25, 0.3) is 5.69 Å². The average Bonchev–Trinajstić information content (AvgIpc) is 2.81. The van der Waals surface area contributed by atoms with Gasteiger partial charge in [-0.25, -0.2) is 0 Å². The monoisotopic (exact) mass is 219 g/mol. The van der Waals surface area contributed by atoms with Crippen molar-refractivity contribution in [1.29, 1.82) is 0 Å². The molecule has 2 N–H and O–H groups in total. The van der Waals surface area contributed by atoms with Crippen molar-refractivity contribution >= 4 is 11.4 Å². The number of rotatable bonds is 3. The topological polar surface area (TPSA) is 96.7 Å². The van der Waals surface area contributed by atoms with Crippen LogP contribution in [0.15, 0.2) is 24.4 Å². The van der Waals surface area contributed by atoms with E-state index in [0.717, 1.165) is 5.56 Å². The number of benzene rings is 1. The van der Waals surface area contributed by atoms with Crippen molar-refractivity contribution < 1.29 is 4.92 Å². The van der Waals surface area contributed by atoms with E-state index in [2.05, 4.69) is 20.7 Å². The minimum Gasteiger partial charge on any atom is -0.383 e. The molecule has 1 aromatic heterocycles. The van der Waals surface area contributed by atoms with Crippen LogP contribution in [-0.2, 0) is 0 Å². The third kappa shape index (κ3) is 1.70.